The van der Waals surface area contributed by atoms with Crippen LogP contribution in [0.15, 0.2) is 15.7 Å². The minimum Gasteiger partial charge on any atom is -0.478 e. The molecule has 19 heavy (non-hydrogen) atoms. The molecule has 2 heterocycles. The molecule has 1 atom stereocenters. The Morgan fingerprint density at radius 1 is 1.53 bits per heavy atom. The number of carbonyl (C=O) groups excluding carboxylic acids is 1. The van der Waals surface area contributed by atoms with Crippen molar-refractivity contribution >= 4 is 33.2 Å². The Morgan fingerprint density at radius 2 is 2.26 bits per heavy atom. The summed E-state index contributed by atoms with van der Waals surface area (Å²) in [7, 11) is -3.74. The molecule has 0 bridgehead atoms. The molecule has 2 rings (SSSR count). The van der Waals surface area contributed by atoms with Crippen molar-refractivity contribution in [2.45, 2.75) is 23.1 Å². The zero-order chi connectivity index (χ0) is 14.0. The first-order valence-corrected chi connectivity index (χ1v) is 7.85. The number of aromatic carboxylic acids is 1. The molecule has 7 nitrogen and oxygen atoms in total. The van der Waals surface area contributed by atoms with Crippen LogP contribution in [0.3, 0.4) is 0 Å². The molecule has 1 aliphatic rings. The lowest BCUT2D eigenvalue weighted by Gasteiger charge is -2.22. The van der Waals surface area contributed by atoms with E-state index >= 15 is 0 Å². The first kappa shape index (κ1) is 14.0. The lowest BCUT2D eigenvalue weighted by molar-refractivity contribution is -0.122. The van der Waals surface area contributed by atoms with Crippen molar-refractivity contribution in [3.05, 3.63) is 17.0 Å². The van der Waals surface area contributed by atoms with E-state index in [1.807, 2.05) is 0 Å². The fraction of sp³-hybridized carbons (Fsp3) is 0.400. The van der Waals surface area contributed by atoms with E-state index in [2.05, 4.69) is 10.0 Å². The van der Waals surface area contributed by atoms with Crippen LogP contribution in [0.4, 0.5) is 0 Å². The molecule has 0 saturated carbocycles. The molecule has 1 amide bonds. The Hall–Kier alpha value is -1.45. The Morgan fingerprint density at radius 3 is 2.79 bits per heavy atom. The third-order valence-corrected chi connectivity index (χ3v) is 5.63. The van der Waals surface area contributed by atoms with Gasteiger partial charge >= 0.3 is 5.97 Å². The van der Waals surface area contributed by atoms with Crippen molar-refractivity contribution < 1.29 is 23.1 Å². The number of carboxylic acid groups (broad SMARTS) is 1. The molecule has 0 aliphatic carbocycles. The summed E-state index contributed by atoms with van der Waals surface area (Å²) in [4.78, 5) is 21.7. The maximum Gasteiger partial charge on any atom is 0.336 e. The SMILES string of the molecule is O=C1CCC(NS(=O)(=O)c2cc(C(=O)O)cs2)CN1. The third-order valence-electron chi connectivity index (χ3n) is 2.67. The fourth-order valence-electron chi connectivity index (χ4n) is 1.68. The van der Waals surface area contributed by atoms with E-state index in [0.717, 1.165) is 17.4 Å². The molecule has 3 N–H and O–H groups in total. The van der Waals surface area contributed by atoms with Gasteiger partial charge in [0.2, 0.25) is 15.9 Å². The molecule has 1 saturated heterocycles. The number of piperidine rings is 1. The lowest BCUT2D eigenvalue weighted by atomic mass is 10.1. The molecule has 0 radical (unpaired) electrons. The molecular formula is C10H12N2O5S2. The highest BCUT2D eigenvalue weighted by atomic mass is 32.2. The van der Waals surface area contributed by atoms with Crippen molar-refractivity contribution in [3.8, 4) is 0 Å². The average Bonchev–Trinajstić information content (AvgIpc) is 2.82. The topological polar surface area (TPSA) is 113 Å². The third kappa shape index (κ3) is 3.31. The van der Waals surface area contributed by atoms with Gasteiger partial charge in [-0.3, -0.25) is 4.79 Å². The van der Waals surface area contributed by atoms with Crippen LogP contribution in [0.2, 0.25) is 0 Å². The number of rotatable bonds is 4. The van der Waals surface area contributed by atoms with Crippen LogP contribution in [-0.4, -0.2) is 38.0 Å². The molecule has 0 aromatic carbocycles. The quantitative estimate of drug-likeness (QED) is 0.725. The maximum atomic E-state index is 12.0. The summed E-state index contributed by atoms with van der Waals surface area (Å²) in [6.07, 6.45) is 0.709. The highest BCUT2D eigenvalue weighted by molar-refractivity contribution is 7.91. The second-order valence-corrected chi connectivity index (χ2v) is 6.97. The van der Waals surface area contributed by atoms with E-state index in [1.165, 1.54) is 5.38 Å². The summed E-state index contributed by atoms with van der Waals surface area (Å²) in [6, 6.07) is 0.759. The van der Waals surface area contributed by atoms with Gasteiger partial charge in [0, 0.05) is 24.4 Å². The number of hydrogen-bond acceptors (Lipinski definition) is 5. The molecule has 0 spiro atoms. The zero-order valence-electron chi connectivity index (χ0n) is 9.75. The Kier molecular flexibility index (Phi) is 3.88. The van der Waals surface area contributed by atoms with Gasteiger partial charge in [0.05, 0.1) is 5.56 Å². The smallest absolute Gasteiger partial charge is 0.336 e. The molecule has 1 aliphatic heterocycles. The summed E-state index contributed by atoms with van der Waals surface area (Å²) in [6.45, 7) is 0.245. The van der Waals surface area contributed by atoms with Crippen LogP contribution >= 0.6 is 11.3 Å². The number of sulfonamides is 1. The second kappa shape index (κ2) is 5.27. The summed E-state index contributed by atoms with van der Waals surface area (Å²) >= 11 is 0.855. The maximum absolute atomic E-state index is 12.0. The molecule has 1 fully saturated rings. The Bertz CT molecular complexity index is 597. The second-order valence-electron chi connectivity index (χ2n) is 4.12. The molecule has 9 heteroatoms. The number of carboxylic acids is 1. The summed E-state index contributed by atoms with van der Waals surface area (Å²) in [5.41, 5.74) is -0.0534. The largest absolute Gasteiger partial charge is 0.478 e. The van der Waals surface area contributed by atoms with Crippen molar-refractivity contribution in [3.63, 3.8) is 0 Å². The minimum atomic E-state index is -3.74. The molecular weight excluding hydrogens is 292 g/mol. The average molecular weight is 304 g/mol. The van der Waals surface area contributed by atoms with Crippen LogP contribution in [-0.2, 0) is 14.8 Å². The molecule has 1 aromatic rings. The van der Waals surface area contributed by atoms with Gasteiger partial charge in [-0.25, -0.2) is 17.9 Å². The normalized spacial score (nSPS) is 20.0. The minimum absolute atomic E-state index is 0.0400. The number of thiophene rings is 1. The van der Waals surface area contributed by atoms with Crippen LogP contribution in [0, 0.1) is 0 Å². The van der Waals surface area contributed by atoms with E-state index in [9.17, 15) is 18.0 Å². The van der Waals surface area contributed by atoms with E-state index < -0.39 is 16.0 Å². The van der Waals surface area contributed by atoms with Gasteiger partial charge < -0.3 is 10.4 Å². The van der Waals surface area contributed by atoms with Gasteiger partial charge in [0.25, 0.3) is 0 Å². The Labute approximate surface area is 113 Å². The first-order chi connectivity index (χ1) is 8.88. The first-order valence-electron chi connectivity index (χ1n) is 5.49. The molecule has 1 aromatic heterocycles. The monoisotopic (exact) mass is 304 g/mol. The summed E-state index contributed by atoms with van der Waals surface area (Å²) < 4.78 is 26.4. The van der Waals surface area contributed by atoms with E-state index in [0.29, 0.717) is 6.42 Å². The van der Waals surface area contributed by atoms with Crippen molar-refractivity contribution in [2.24, 2.45) is 0 Å². The van der Waals surface area contributed by atoms with E-state index in [1.54, 1.807) is 0 Å². The van der Waals surface area contributed by atoms with E-state index in [4.69, 9.17) is 5.11 Å². The Balaban J connectivity index is 2.09. The lowest BCUT2D eigenvalue weighted by Crippen LogP contribution is -2.47. The van der Waals surface area contributed by atoms with Crippen molar-refractivity contribution in [1.29, 1.82) is 0 Å². The molecule has 104 valence electrons. The number of nitrogens with one attached hydrogen (secondary N) is 2. The van der Waals surface area contributed by atoms with Gasteiger partial charge in [-0.05, 0) is 12.5 Å². The highest BCUT2D eigenvalue weighted by Gasteiger charge is 2.25. The standard InChI is InChI=1S/C10H12N2O5S2/c13-8-2-1-7(4-11-8)12-19(16,17)9-3-6(5-18-9)10(14)15/h3,5,7,12H,1-2,4H2,(H,11,13)(H,14,15). The number of amides is 1. The van der Waals surface area contributed by atoms with Gasteiger partial charge in [-0.2, -0.15) is 0 Å². The number of carbonyl (C=O) groups is 2. The predicted octanol–water partition coefficient (Wildman–Crippen LogP) is 0.00320. The molecule has 1 unspecified atom stereocenters. The van der Waals surface area contributed by atoms with E-state index in [-0.39, 0.29) is 34.7 Å². The number of hydrogen-bond donors (Lipinski definition) is 3. The summed E-state index contributed by atoms with van der Waals surface area (Å²) in [5.74, 6) is -1.26. The van der Waals surface area contributed by atoms with Gasteiger partial charge in [0.1, 0.15) is 4.21 Å². The van der Waals surface area contributed by atoms with Crippen LogP contribution < -0.4 is 10.0 Å². The fourth-order valence-corrected chi connectivity index (χ4v) is 4.12. The van der Waals surface area contributed by atoms with Crippen molar-refractivity contribution in [2.75, 3.05) is 6.54 Å². The van der Waals surface area contributed by atoms with Gasteiger partial charge in [-0.15, -0.1) is 11.3 Å². The summed E-state index contributed by atoms with van der Waals surface area (Å²) in [5, 5.41) is 12.6. The van der Waals surface area contributed by atoms with Gasteiger partial charge in [0.15, 0.2) is 0 Å². The zero-order valence-corrected chi connectivity index (χ0v) is 11.4. The highest BCUT2D eigenvalue weighted by Crippen LogP contribution is 2.21. The van der Waals surface area contributed by atoms with Gasteiger partial charge in [-0.1, -0.05) is 0 Å². The van der Waals surface area contributed by atoms with Crippen LogP contribution in [0.25, 0.3) is 0 Å². The van der Waals surface area contributed by atoms with Crippen LogP contribution in [0.1, 0.15) is 23.2 Å². The van der Waals surface area contributed by atoms with Crippen LogP contribution in [0.5, 0.6) is 0 Å². The van der Waals surface area contributed by atoms with Crippen molar-refractivity contribution in [1.82, 2.24) is 10.0 Å². The predicted molar refractivity (Wildman–Crippen MR) is 67.6 cm³/mol.